The molecule has 3 saturated heterocycles. The second kappa shape index (κ2) is 12.2. The molecule has 0 unspecified atom stereocenters. The SMILES string of the molecule is COc1cc2c(NC3CCS(=O)(=O)CC3)nc(N3CCCN(C)CC3)nc2cc1OCCCN1CCCC1. The fraction of sp³-hybridized carbons (Fsp3) is 0.704. The first kappa shape index (κ1) is 27.2. The Morgan fingerprint density at radius 3 is 2.53 bits per heavy atom. The van der Waals surface area contributed by atoms with Gasteiger partial charge in [-0.25, -0.2) is 13.4 Å². The number of likely N-dealkylation sites (tertiary alicyclic amines) is 1. The van der Waals surface area contributed by atoms with Crippen molar-refractivity contribution in [3.63, 3.8) is 0 Å². The normalized spacial score (nSPS) is 21.5. The topological polar surface area (TPSA) is 100 Å². The van der Waals surface area contributed by atoms with Crippen LogP contribution in [0.2, 0.25) is 0 Å². The summed E-state index contributed by atoms with van der Waals surface area (Å²) in [6.07, 6.45) is 5.76. The van der Waals surface area contributed by atoms with Crippen LogP contribution in [0.25, 0.3) is 10.9 Å². The Balaban J connectivity index is 1.41. The molecule has 5 rings (SSSR count). The van der Waals surface area contributed by atoms with Crippen molar-refractivity contribution in [1.82, 2.24) is 19.8 Å². The average molecular weight is 547 g/mol. The minimum Gasteiger partial charge on any atom is -0.493 e. The van der Waals surface area contributed by atoms with Gasteiger partial charge in [-0.3, -0.25) is 0 Å². The van der Waals surface area contributed by atoms with Crippen LogP contribution in [0, 0.1) is 0 Å². The molecule has 0 bridgehead atoms. The quantitative estimate of drug-likeness (QED) is 0.473. The lowest BCUT2D eigenvalue weighted by Gasteiger charge is -2.26. The van der Waals surface area contributed by atoms with Gasteiger partial charge < -0.3 is 29.5 Å². The van der Waals surface area contributed by atoms with E-state index in [1.807, 2.05) is 12.1 Å². The van der Waals surface area contributed by atoms with Gasteiger partial charge in [-0.05, 0) is 71.3 Å². The number of ether oxygens (including phenoxy) is 2. The number of methoxy groups -OCH3 is 1. The largest absolute Gasteiger partial charge is 0.493 e. The van der Waals surface area contributed by atoms with E-state index in [4.69, 9.17) is 19.4 Å². The Labute approximate surface area is 226 Å². The number of aromatic nitrogens is 2. The van der Waals surface area contributed by atoms with Crippen LogP contribution in [0.4, 0.5) is 11.8 Å². The summed E-state index contributed by atoms with van der Waals surface area (Å²) in [6, 6.07) is 3.97. The molecule has 0 saturated carbocycles. The van der Waals surface area contributed by atoms with E-state index in [-0.39, 0.29) is 17.5 Å². The van der Waals surface area contributed by atoms with E-state index in [0.29, 0.717) is 36.9 Å². The predicted octanol–water partition coefficient (Wildman–Crippen LogP) is 2.63. The first-order valence-electron chi connectivity index (χ1n) is 14.1. The molecule has 3 aliphatic heterocycles. The number of hydrogen-bond donors (Lipinski definition) is 1. The maximum absolute atomic E-state index is 12.0. The molecule has 0 radical (unpaired) electrons. The summed E-state index contributed by atoms with van der Waals surface area (Å²) in [5.41, 5.74) is 0.800. The second-order valence-electron chi connectivity index (χ2n) is 10.9. The summed E-state index contributed by atoms with van der Waals surface area (Å²) in [4.78, 5) is 17.0. The summed E-state index contributed by atoms with van der Waals surface area (Å²) < 4.78 is 35.9. The lowest BCUT2D eigenvalue weighted by Crippen LogP contribution is -2.33. The molecule has 10 nitrogen and oxygen atoms in total. The van der Waals surface area contributed by atoms with E-state index in [1.165, 1.54) is 25.9 Å². The van der Waals surface area contributed by atoms with Crippen molar-refractivity contribution in [2.75, 3.05) is 88.3 Å². The molecule has 38 heavy (non-hydrogen) atoms. The summed E-state index contributed by atoms with van der Waals surface area (Å²) in [5, 5.41) is 4.42. The average Bonchev–Trinajstić information content (AvgIpc) is 3.33. The number of fused-ring (bicyclic) bond motifs is 1. The highest BCUT2D eigenvalue weighted by molar-refractivity contribution is 7.91. The smallest absolute Gasteiger partial charge is 0.227 e. The van der Waals surface area contributed by atoms with E-state index in [0.717, 1.165) is 62.3 Å². The third-order valence-corrected chi connectivity index (χ3v) is 9.66. The van der Waals surface area contributed by atoms with Gasteiger partial charge in [0.1, 0.15) is 15.7 Å². The molecule has 4 heterocycles. The predicted molar refractivity (Wildman–Crippen MR) is 152 cm³/mol. The van der Waals surface area contributed by atoms with Gasteiger partial charge in [0.15, 0.2) is 11.5 Å². The third kappa shape index (κ3) is 6.79. The number of nitrogens with one attached hydrogen (secondary N) is 1. The zero-order valence-corrected chi connectivity index (χ0v) is 23.6. The zero-order valence-electron chi connectivity index (χ0n) is 22.8. The number of nitrogens with zero attached hydrogens (tertiary/aromatic N) is 5. The molecule has 3 aliphatic rings. The van der Waals surface area contributed by atoms with E-state index >= 15 is 0 Å². The molecule has 1 aromatic heterocycles. The zero-order chi connectivity index (χ0) is 26.5. The summed E-state index contributed by atoms with van der Waals surface area (Å²) in [6.45, 7) is 7.82. The summed E-state index contributed by atoms with van der Waals surface area (Å²) in [7, 11) is 0.857. The van der Waals surface area contributed by atoms with Crippen LogP contribution >= 0.6 is 0 Å². The number of hydrogen-bond acceptors (Lipinski definition) is 10. The van der Waals surface area contributed by atoms with Crippen molar-refractivity contribution >= 4 is 32.5 Å². The molecule has 2 aromatic rings. The van der Waals surface area contributed by atoms with Gasteiger partial charge in [0.05, 0.1) is 30.7 Å². The number of likely N-dealkylation sites (N-methyl/N-ethyl adjacent to an activating group) is 1. The van der Waals surface area contributed by atoms with Crippen molar-refractivity contribution in [1.29, 1.82) is 0 Å². The molecule has 0 aliphatic carbocycles. The van der Waals surface area contributed by atoms with Crippen LogP contribution in [0.5, 0.6) is 11.5 Å². The Morgan fingerprint density at radius 2 is 1.76 bits per heavy atom. The van der Waals surface area contributed by atoms with E-state index in [1.54, 1.807) is 7.11 Å². The summed E-state index contributed by atoms with van der Waals surface area (Å²) in [5.74, 6) is 3.18. The van der Waals surface area contributed by atoms with Gasteiger partial charge in [-0.15, -0.1) is 0 Å². The number of benzene rings is 1. The highest BCUT2D eigenvalue weighted by Crippen LogP contribution is 2.36. The number of anilines is 2. The molecule has 0 amide bonds. The molecular weight excluding hydrogens is 504 g/mol. The number of sulfone groups is 1. The molecule has 1 N–H and O–H groups in total. The molecule has 11 heteroatoms. The van der Waals surface area contributed by atoms with Crippen LogP contribution in [0.3, 0.4) is 0 Å². The maximum Gasteiger partial charge on any atom is 0.227 e. The van der Waals surface area contributed by atoms with Crippen LogP contribution < -0.4 is 19.7 Å². The van der Waals surface area contributed by atoms with Gasteiger partial charge in [0, 0.05) is 43.7 Å². The molecular formula is C27H42N6O4S. The van der Waals surface area contributed by atoms with Gasteiger partial charge in [0.2, 0.25) is 5.95 Å². The van der Waals surface area contributed by atoms with Gasteiger partial charge in [-0.1, -0.05) is 0 Å². The molecule has 210 valence electrons. The van der Waals surface area contributed by atoms with Crippen molar-refractivity contribution in [2.24, 2.45) is 0 Å². The summed E-state index contributed by atoms with van der Waals surface area (Å²) >= 11 is 0. The molecule has 0 atom stereocenters. The monoisotopic (exact) mass is 546 g/mol. The minimum absolute atomic E-state index is 0.0484. The highest BCUT2D eigenvalue weighted by Gasteiger charge is 2.26. The standard InChI is InChI=1S/C27H42N6O4S/c1-31-9-5-13-33(15-14-31)27-29-23-20-25(37-16-6-12-32-10-3-4-11-32)24(36-2)19-22(23)26(30-27)28-21-7-17-38(34,35)18-8-21/h19-21H,3-18H2,1-2H3,(H,28,29,30). The lowest BCUT2D eigenvalue weighted by molar-refractivity contribution is 0.254. The third-order valence-electron chi connectivity index (χ3n) is 7.94. The van der Waals surface area contributed by atoms with Gasteiger partial charge in [-0.2, -0.15) is 4.98 Å². The van der Waals surface area contributed by atoms with Crippen molar-refractivity contribution in [3.05, 3.63) is 12.1 Å². The Morgan fingerprint density at radius 1 is 0.974 bits per heavy atom. The Bertz CT molecular complexity index is 1190. The van der Waals surface area contributed by atoms with Gasteiger partial charge in [0.25, 0.3) is 0 Å². The first-order valence-corrected chi connectivity index (χ1v) is 15.9. The molecule has 0 spiro atoms. The van der Waals surface area contributed by atoms with Gasteiger partial charge >= 0.3 is 0 Å². The lowest BCUT2D eigenvalue weighted by atomic mass is 10.1. The Kier molecular flexibility index (Phi) is 8.74. The second-order valence-corrected chi connectivity index (χ2v) is 13.2. The van der Waals surface area contributed by atoms with Crippen molar-refractivity contribution in [3.8, 4) is 11.5 Å². The fourth-order valence-electron chi connectivity index (χ4n) is 5.60. The molecule has 1 aromatic carbocycles. The maximum atomic E-state index is 12.0. The van der Waals surface area contributed by atoms with Crippen LogP contribution in [0.15, 0.2) is 12.1 Å². The Hall–Kier alpha value is -2.37. The van der Waals surface area contributed by atoms with Crippen molar-refractivity contribution in [2.45, 2.75) is 44.6 Å². The van der Waals surface area contributed by atoms with E-state index in [2.05, 4.69) is 27.1 Å². The van der Waals surface area contributed by atoms with E-state index < -0.39 is 9.84 Å². The first-order chi connectivity index (χ1) is 18.4. The number of rotatable bonds is 9. The van der Waals surface area contributed by atoms with Crippen molar-refractivity contribution < 1.29 is 17.9 Å². The van der Waals surface area contributed by atoms with Crippen LogP contribution in [-0.2, 0) is 9.84 Å². The molecule has 3 fully saturated rings. The highest BCUT2D eigenvalue weighted by atomic mass is 32.2. The van der Waals surface area contributed by atoms with Crippen LogP contribution in [-0.4, -0.2) is 112 Å². The van der Waals surface area contributed by atoms with Crippen LogP contribution in [0.1, 0.15) is 38.5 Å². The minimum atomic E-state index is -2.94. The van der Waals surface area contributed by atoms with E-state index in [9.17, 15) is 8.42 Å². The fourth-order valence-corrected chi connectivity index (χ4v) is 7.09.